The zero-order valence-electron chi connectivity index (χ0n) is 9.80. The number of nitrogens with zero attached hydrogens (tertiary/aromatic N) is 1. The molecule has 0 aliphatic carbocycles. The minimum atomic E-state index is -1.04. The third-order valence-electron chi connectivity index (χ3n) is 3.65. The maximum Gasteiger partial charge on any atom is 0.326 e. The second kappa shape index (κ2) is 4.62. The number of nitrogens with one attached hydrogen (secondary N) is 1. The molecule has 0 spiro atoms. The Hall–Kier alpha value is -1.14. The van der Waals surface area contributed by atoms with Crippen LogP contribution in [-0.2, 0) is 9.59 Å². The van der Waals surface area contributed by atoms with E-state index in [1.165, 1.54) is 4.90 Å². The van der Waals surface area contributed by atoms with Gasteiger partial charge in [-0.15, -0.1) is 0 Å². The van der Waals surface area contributed by atoms with E-state index in [9.17, 15) is 14.7 Å². The highest BCUT2D eigenvalue weighted by Gasteiger charge is 2.43. The second-order valence-corrected chi connectivity index (χ2v) is 4.93. The molecule has 1 amide bonds. The molecule has 2 heterocycles. The SMILES string of the molecule is CC1CCNC1C(=O)N1CC(O)C[C@H]1C(=O)O. The van der Waals surface area contributed by atoms with Gasteiger partial charge in [-0.25, -0.2) is 4.79 Å². The number of aliphatic hydroxyl groups excluding tert-OH is 1. The smallest absolute Gasteiger partial charge is 0.326 e. The van der Waals surface area contributed by atoms with Gasteiger partial charge < -0.3 is 20.4 Å². The summed E-state index contributed by atoms with van der Waals surface area (Å²) in [7, 11) is 0. The van der Waals surface area contributed by atoms with Crippen LogP contribution in [0.2, 0.25) is 0 Å². The Morgan fingerprint density at radius 3 is 2.65 bits per heavy atom. The molecular formula is C11H18N2O4. The molecule has 17 heavy (non-hydrogen) atoms. The first kappa shape index (κ1) is 12.3. The number of hydrogen-bond donors (Lipinski definition) is 3. The number of carbonyl (C=O) groups excluding carboxylic acids is 1. The van der Waals surface area contributed by atoms with E-state index in [1.54, 1.807) is 0 Å². The predicted octanol–water partition coefficient (Wildman–Crippen LogP) is -0.969. The van der Waals surface area contributed by atoms with Crippen molar-refractivity contribution in [2.24, 2.45) is 5.92 Å². The van der Waals surface area contributed by atoms with Crippen molar-refractivity contribution in [3.05, 3.63) is 0 Å². The molecule has 0 saturated carbocycles. The van der Waals surface area contributed by atoms with E-state index in [0.717, 1.165) is 13.0 Å². The van der Waals surface area contributed by atoms with Crippen LogP contribution in [0.25, 0.3) is 0 Å². The summed E-state index contributed by atoms with van der Waals surface area (Å²) in [4.78, 5) is 24.5. The van der Waals surface area contributed by atoms with Crippen LogP contribution in [0.1, 0.15) is 19.8 Å². The highest BCUT2D eigenvalue weighted by atomic mass is 16.4. The Morgan fingerprint density at radius 2 is 2.12 bits per heavy atom. The molecule has 3 N–H and O–H groups in total. The molecule has 6 heteroatoms. The molecule has 0 radical (unpaired) electrons. The van der Waals surface area contributed by atoms with Gasteiger partial charge in [-0.3, -0.25) is 4.79 Å². The number of aliphatic carboxylic acids is 1. The molecule has 2 saturated heterocycles. The average molecular weight is 242 g/mol. The summed E-state index contributed by atoms with van der Waals surface area (Å²) in [5, 5.41) is 21.6. The molecule has 0 aromatic carbocycles. The Kier molecular flexibility index (Phi) is 3.35. The molecule has 6 nitrogen and oxygen atoms in total. The minimum Gasteiger partial charge on any atom is -0.480 e. The van der Waals surface area contributed by atoms with Gasteiger partial charge >= 0.3 is 5.97 Å². The highest BCUT2D eigenvalue weighted by Crippen LogP contribution is 2.23. The number of carboxylic acids is 1. The summed E-state index contributed by atoms with van der Waals surface area (Å²) >= 11 is 0. The first-order valence-corrected chi connectivity index (χ1v) is 5.95. The number of likely N-dealkylation sites (tertiary alicyclic amines) is 1. The maximum atomic E-state index is 12.2. The van der Waals surface area contributed by atoms with Crippen LogP contribution in [0.4, 0.5) is 0 Å². The fraction of sp³-hybridized carbons (Fsp3) is 0.818. The monoisotopic (exact) mass is 242 g/mol. The molecule has 2 rings (SSSR count). The van der Waals surface area contributed by atoms with E-state index in [-0.39, 0.29) is 30.8 Å². The average Bonchev–Trinajstić information content (AvgIpc) is 2.83. The van der Waals surface area contributed by atoms with Gasteiger partial charge in [0.25, 0.3) is 0 Å². The summed E-state index contributed by atoms with van der Waals surface area (Å²) in [5.41, 5.74) is 0. The Labute approximate surface area is 99.6 Å². The summed E-state index contributed by atoms with van der Waals surface area (Å²) in [6.45, 7) is 2.89. The normalized spacial score (nSPS) is 37.4. The van der Waals surface area contributed by atoms with Gasteiger partial charge in [0.1, 0.15) is 6.04 Å². The molecular weight excluding hydrogens is 224 g/mol. The van der Waals surface area contributed by atoms with Crippen LogP contribution in [0.15, 0.2) is 0 Å². The third kappa shape index (κ3) is 2.28. The van der Waals surface area contributed by atoms with E-state index in [0.29, 0.717) is 0 Å². The van der Waals surface area contributed by atoms with Gasteiger partial charge in [0.2, 0.25) is 5.91 Å². The standard InChI is InChI=1S/C11H18N2O4/c1-6-2-3-12-9(6)10(15)13-5-7(14)4-8(13)11(16)17/h6-9,12,14H,2-5H2,1H3,(H,16,17)/t6?,7?,8-,9?/m0/s1. The van der Waals surface area contributed by atoms with Crippen LogP contribution in [-0.4, -0.2) is 58.3 Å². The van der Waals surface area contributed by atoms with E-state index < -0.39 is 18.1 Å². The van der Waals surface area contributed by atoms with E-state index in [4.69, 9.17) is 5.11 Å². The summed E-state index contributed by atoms with van der Waals surface area (Å²) < 4.78 is 0. The van der Waals surface area contributed by atoms with Crippen molar-refractivity contribution in [3.8, 4) is 0 Å². The van der Waals surface area contributed by atoms with Gasteiger partial charge in [-0.2, -0.15) is 0 Å². The molecule has 3 unspecified atom stereocenters. The topological polar surface area (TPSA) is 89.9 Å². The lowest BCUT2D eigenvalue weighted by Gasteiger charge is -2.26. The van der Waals surface area contributed by atoms with Crippen molar-refractivity contribution in [2.45, 2.75) is 38.0 Å². The largest absolute Gasteiger partial charge is 0.480 e. The fourth-order valence-corrected chi connectivity index (χ4v) is 2.64. The van der Waals surface area contributed by atoms with Gasteiger partial charge in [-0.1, -0.05) is 6.92 Å². The number of amides is 1. The fourth-order valence-electron chi connectivity index (χ4n) is 2.64. The van der Waals surface area contributed by atoms with E-state index in [1.807, 2.05) is 6.92 Å². The van der Waals surface area contributed by atoms with E-state index >= 15 is 0 Å². The van der Waals surface area contributed by atoms with Gasteiger partial charge in [0, 0.05) is 13.0 Å². The number of hydrogen-bond acceptors (Lipinski definition) is 4. The highest BCUT2D eigenvalue weighted by molar-refractivity contribution is 5.88. The number of carbonyl (C=O) groups is 2. The van der Waals surface area contributed by atoms with Crippen molar-refractivity contribution in [3.63, 3.8) is 0 Å². The second-order valence-electron chi connectivity index (χ2n) is 4.93. The molecule has 2 aliphatic heterocycles. The maximum absolute atomic E-state index is 12.2. The zero-order chi connectivity index (χ0) is 12.6. The third-order valence-corrected chi connectivity index (χ3v) is 3.65. The molecule has 2 fully saturated rings. The molecule has 4 atom stereocenters. The van der Waals surface area contributed by atoms with Gasteiger partial charge in [0.05, 0.1) is 12.1 Å². The van der Waals surface area contributed by atoms with Gasteiger partial charge in [0.15, 0.2) is 0 Å². The lowest BCUT2D eigenvalue weighted by Crippen LogP contribution is -2.50. The molecule has 0 bridgehead atoms. The number of aliphatic hydroxyl groups is 1. The van der Waals surface area contributed by atoms with Crippen LogP contribution in [0, 0.1) is 5.92 Å². The molecule has 2 aliphatic rings. The minimum absolute atomic E-state index is 0.126. The van der Waals surface area contributed by atoms with Crippen molar-refractivity contribution in [1.29, 1.82) is 0 Å². The lowest BCUT2D eigenvalue weighted by atomic mass is 10.0. The van der Waals surface area contributed by atoms with Crippen LogP contribution in [0.5, 0.6) is 0 Å². The van der Waals surface area contributed by atoms with Gasteiger partial charge in [-0.05, 0) is 18.9 Å². The predicted molar refractivity (Wildman–Crippen MR) is 59.3 cm³/mol. The quantitative estimate of drug-likeness (QED) is 0.580. The van der Waals surface area contributed by atoms with E-state index in [2.05, 4.69) is 5.32 Å². The van der Waals surface area contributed by atoms with Crippen LogP contribution in [0.3, 0.4) is 0 Å². The molecule has 0 aromatic heterocycles. The Bertz CT molecular complexity index is 333. The molecule has 96 valence electrons. The zero-order valence-corrected chi connectivity index (χ0v) is 9.80. The van der Waals surface area contributed by atoms with Crippen molar-refractivity contribution in [1.82, 2.24) is 10.2 Å². The van der Waals surface area contributed by atoms with Crippen molar-refractivity contribution >= 4 is 11.9 Å². The number of rotatable bonds is 2. The first-order chi connectivity index (χ1) is 8.00. The molecule has 0 aromatic rings. The summed E-state index contributed by atoms with van der Waals surface area (Å²) in [5.74, 6) is -1.02. The summed E-state index contributed by atoms with van der Waals surface area (Å²) in [6, 6.07) is -1.19. The number of β-amino-alcohol motifs (C(OH)–C–C–N with tert-alkyl or cyclic N) is 1. The van der Waals surface area contributed by atoms with Crippen LogP contribution >= 0.6 is 0 Å². The number of carboxylic acid groups (broad SMARTS) is 1. The Balaban J connectivity index is 2.10. The summed E-state index contributed by atoms with van der Waals surface area (Å²) in [6.07, 6.45) is 0.323. The van der Waals surface area contributed by atoms with Crippen molar-refractivity contribution < 1.29 is 19.8 Å². The lowest BCUT2D eigenvalue weighted by molar-refractivity contribution is -0.149. The Morgan fingerprint density at radius 1 is 1.41 bits per heavy atom. The first-order valence-electron chi connectivity index (χ1n) is 5.95. The van der Waals surface area contributed by atoms with Crippen molar-refractivity contribution in [2.75, 3.05) is 13.1 Å². The van der Waals surface area contributed by atoms with Crippen LogP contribution < -0.4 is 5.32 Å².